The number of ether oxygens (including phenoxy) is 2. The van der Waals surface area contributed by atoms with E-state index in [1.807, 2.05) is 43.5 Å². The van der Waals surface area contributed by atoms with E-state index < -0.39 is 5.60 Å². The molecule has 2 aromatic carbocycles. The molecular weight excluding hydrogens is 432 g/mol. The average molecular weight is 467 g/mol. The summed E-state index contributed by atoms with van der Waals surface area (Å²) in [7, 11) is 1.71. The summed E-state index contributed by atoms with van der Waals surface area (Å²) in [5, 5.41) is 0. The number of aryl methyl sites for hydroxylation is 1. The van der Waals surface area contributed by atoms with Gasteiger partial charge in [-0.2, -0.15) is 0 Å². The number of carbonyl (C=O) groups excluding carboxylic acids is 1. The van der Waals surface area contributed by atoms with Gasteiger partial charge < -0.3 is 19.3 Å². The molecule has 3 aliphatic heterocycles. The van der Waals surface area contributed by atoms with Gasteiger partial charge in [0, 0.05) is 36.5 Å². The maximum atomic E-state index is 12.9. The van der Waals surface area contributed by atoms with E-state index in [0.717, 1.165) is 37.6 Å². The SMILES string of the molecule is COc1ccc(-c2cc3c4c(c2)[C@@H]2CN(C(=O)OC(C)(C)C)CC[C@@H]2N4CCCS3)c(C)c1. The summed E-state index contributed by atoms with van der Waals surface area (Å²) in [6.07, 6.45) is 1.98. The molecule has 0 N–H and O–H groups in total. The fraction of sp³-hybridized carbons (Fsp3) is 0.519. The molecule has 1 fully saturated rings. The molecule has 0 unspecified atom stereocenters. The summed E-state index contributed by atoms with van der Waals surface area (Å²) in [6.45, 7) is 10.5. The van der Waals surface area contributed by atoms with E-state index in [4.69, 9.17) is 9.47 Å². The predicted octanol–water partition coefficient (Wildman–Crippen LogP) is 6.08. The Bertz CT molecular complexity index is 1080. The molecule has 0 bridgehead atoms. The monoisotopic (exact) mass is 466 g/mol. The van der Waals surface area contributed by atoms with Gasteiger partial charge in [0.25, 0.3) is 0 Å². The standard InChI is InChI=1S/C27H34N2O3S/c1-17-13-19(31-5)7-8-20(17)18-14-21-22-16-28(26(30)32-27(2,3)4)11-9-23(22)29-10-6-12-33-24(15-18)25(21)29/h7-8,13-15,22-23H,6,9-12,16H2,1-5H3/t22-,23-/m0/s1. The second kappa shape index (κ2) is 8.46. The van der Waals surface area contributed by atoms with E-state index >= 15 is 0 Å². The van der Waals surface area contributed by atoms with E-state index in [-0.39, 0.29) is 6.09 Å². The molecule has 6 heteroatoms. The van der Waals surface area contributed by atoms with Gasteiger partial charge in [-0.1, -0.05) is 6.07 Å². The Morgan fingerprint density at radius 1 is 1.15 bits per heavy atom. The zero-order chi connectivity index (χ0) is 23.3. The molecule has 0 aliphatic carbocycles. The molecule has 0 aromatic heterocycles. The quantitative estimate of drug-likeness (QED) is 0.537. The highest BCUT2D eigenvalue weighted by Crippen LogP contribution is 2.52. The van der Waals surface area contributed by atoms with Crippen molar-refractivity contribution in [1.82, 2.24) is 4.90 Å². The first kappa shape index (κ1) is 22.5. The molecule has 3 aliphatic rings. The van der Waals surface area contributed by atoms with Gasteiger partial charge in [0.1, 0.15) is 11.4 Å². The number of piperidine rings is 1. The molecule has 5 rings (SSSR count). The van der Waals surface area contributed by atoms with Crippen LogP contribution in [0, 0.1) is 6.92 Å². The number of hydrogen-bond acceptors (Lipinski definition) is 5. The van der Waals surface area contributed by atoms with Gasteiger partial charge >= 0.3 is 6.09 Å². The fourth-order valence-electron chi connectivity index (χ4n) is 5.54. The molecule has 5 nitrogen and oxygen atoms in total. The molecule has 2 aromatic rings. The van der Waals surface area contributed by atoms with Crippen LogP contribution in [0.25, 0.3) is 11.1 Å². The number of nitrogens with zero attached hydrogens (tertiary/aromatic N) is 2. The number of anilines is 1. The van der Waals surface area contributed by atoms with Crippen molar-refractivity contribution >= 4 is 23.5 Å². The van der Waals surface area contributed by atoms with E-state index in [1.54, 1.807) is 7.11 Å². The molecule has 3 heterocycles. The molecule has 176 valence electrons. The summed E-state index contributed by atoms with van der Waals surface area (Å²) in [4.78, 5) is 18.8. The van der Waals surface area contributed by atoms with Crippen molar-refractivity contribution in [3.63, 3.8) is 0 Å². The Hall–Kier alpha value is -2.34. The Labute approximate surface area is 201 Å². The maximum Gasteiger partial charge on any atom is 0.410 e. The van der Waals surface area contributed by atoms with Gasteiger partial charge in [-0.25, -0.2) is 4.79 Å². The van der Waals surface area contributed by atoms with Crippen LogP contribution in [0.3, 0.4) is 0 Å². The predicted molar refractivity (Wildman–Crippen MR) is 135 cm³/mol. The van der Waals surface area contributed by atoms with Crippen LogP contribution in [-0.4, -0.2) is 55.1 Å². The molecule has 1 amide bonds. The number of fused-ring (bicyclic) bond motifs is 3. The summed E-state index contributed by atoms with van der Waals surface area (Å²) < 4.78 is 11.1. The smallest absolute Gasteiger partial charge is 0.410 e. The van der Waals surface area contributed by atoms with Crippen LogP contribution in [0.4, 0.5) is 10.5 Å². The Morgan fingerprint density at radius 3 is 2.70 bits per heavy atom. The van der Waals surface area contributed by atoms with Crippen LogP contribution >= 0.6 is 11.8 Å². The molecule has 0 saturated carbocycles. The maximum absolute atomic E-state index is 12.9. The summed E-state index contributed by atoms with van der Waals surface area (Å²) in [6, 6.07) is 11.5. The molecular formula is C27H34N2O3S. The number of hydrogen-bond donors (Lipinski definition) is 0. The van der Waals surface area contributed by atoms with E-state index in [1.165, 1.54) is 39.3 Å². The van der Waals surface area contributed by atoms with Gasteiger partial charge in [0.2, 0.25) is 0 Å². The highest BCUT2D eigenvalue weighted by Gasteiger charge is 2.45. The minimum absolute atomic E-state index is 0.190. The topological polar surface area (TPSA) is 42.0 Å². The average Bonchev–Trinajstić information content (AvgIpc) is 2.92. The molecule has 33 heavy (non-hydrogen) atoms. The second-order valence-corrected chi connectivity index (χ2v) is 11.5. The Balaban J connectivity index is 1.54. The van der Waals surface area contributed by atoms with Crippen molar-refractivity contribution in [3.8, 4) is 16.9 Å². The van der Waals surface area contributed by atoms with Crippen molar-refractivity contribution in [2.45, 2.75) is 63.0 Å². The lowest BCUT2D eigenvalue weighted by Crippen LogP contribution is -2.49. The lowest BCUT2D eigenvalue weighted by Gasteiger charge is -2.39. The molecule has 0 spiro atoms. The van der Waals surface area contributed by atoms with Crippen LogP contribution in [0.2, 0.25) is 0 Å². The molecule has 0 radical (unpaired) electrons. The van der Waals surface area contributed by atoms with Crippen LogP contribution in [0.5, 0.6) is 5.75 Å². The fourth-order valence-corrected chi connectivity index (χ4v) is 6.62. The zero-order valence-electron chi connectivity index (χ0n) is 20.3. The lowest BCUT2D eigenvalue weighted by atomic mass is 9.87. The van der Waals surface area contributed by atoms with Gasteiger partial charge in [0.05, 0.1) is 12.8 Å². The third kappa shape index (κ3) is 4.18. The first-order valence-corrected chi connectivity index (χ1v) is 12.9. The third-order valence-corrected chi connectivity index (χ3v) is 8.08. The second-order valence-electron chi connectivity index (χ2n) is 10.4. The van der Waals surface area contributed by atoms with E-state index in [0.29, 0.717) is 12.0 Å². The molecule has 1 saturated heterocycles. The summed E-state index contributed by atoms with van der Waals surface area (Å²) in [5.74, 6) is 2.35. The lowest BCUT2D eigenvalue weighted by molar-refractivity contribution is 0.0189. The van der Waals surface area contributed by atoms with Crippen LogP contribution < -0.4 is 9.64 Å². The zero-order valence-corrected chi connectivity index (χ0v) is 21.1. The Morgan fingerprint density at radius 2 is 1.97 bits per heavy atom. The van der Waals surface area contributed by atoms with E-state index in [9.17, 15) is 4.79 Å². The first-order chi connectivity index (χ1) is 15.7. The van der Waals surface area contributed by atoms with Gasteiger partial charge in [-0.3, -0.25) is 0 Å². The van der Waals surface area contributed by atoms with E-state index in [2.05, 4.69) is 36.1 Å². The van der Waals surface area contributed by atoms with Crippen LogP contribution in [0.1, 0.15) is 50.7 Å². The third-order valence-electron chi connectivity index (χ3n) is 6.96. The van der Waals surface area contributed by atoms with Crippen molar-refractivity contribution in [3.05, 3.63) is 41.5 Å². The number of rotatable bonds is 2. The van der Waals surface area contributed by atoms with Crippen molar-refractivity contribution in [2.24, 2.45) is 0 Å². The summed E-state index contributed by atoms with van der Waals surface area (Å²) in [5.41, 5.74) is 6.05. The summed E-state index contributed by atoms with van der Waals surface area (Å²) >= 11 is 1.98. The van der Waals surface area contributed by atoms with Gasteiger partial charge in [0.15, 0.2) is 0 Å². The minimum Gasteiger partial charge on any atom is -0.497 e. The number of amides is 1. The van der Waals surface area contributed by atoms with Crippen LogP contribution in [-0.2, 0) is 4.74 Å². The van der Waals surface area contributed by atoms with Crippen molar-refractivity contribution < 1.29 is 14.3 Å². The Kier molecular flexibility index (Phi) is 5.76. The van der Waals surface area contributed by atoms with Gasteiger partial charge in [-0.05, 0) is 92.8 Å². The largest absolute Gasteiger partial charge is 0.497 e. The van der Waals surface area contributed by atoms with Gasteiger partial charge in [-0.15, -0.1) is 11.8 Å². The van der Waals surface area contributed by atoms with Crippen molar-refractivity contribution in [1.29, 1.82) is 0 Å². The number of benzene rings is 2. The number of likely N-dealkylation sites (tertiary alicyclic amines) is 1. The number of methoxy groups -OCH3 is 1. The number of carbonyl (C=O) groups is 1. The van der Waals surface area contributed by atoms with Crippen LogP contribution in [0.15, 0.2) is 35.2 Å². The first-order valence-electron chi connectivity index (χ1n) is 12.0. The minimum atomic E-state index is -0.475. The van der Waals surface area contributed by atoms with Crippen molar-refractivity contribution in [2.75, 3.05) is 37.4 Å². The normalized spacial score (nSPS) is 21.8. The highest BCUT2D eigenvalue weighted by atomic mass is 32.2. The number of thioether (sulfide) groups is 1. The molecule has 2 atom stereocenters. The highest BCUT2D eigenvalue weighted by molar-refractivity contribution is 7.99.